The summed E-state index contributed by atoms with van der Waals surface area (Å²) in [6, 6.07) is 0. The third-order valence-corrected chi connectivity index (χ3v) is 1.95. The molecule has 0 radical (unpaired) electrons. The molecule has 0 saturated heterocycles. The van der Waals surface area contributed by atoms with Crippen LogP contribution in [0, 0.1) is 0 Å². The first-order valence-electron chi connectivity index (χ1n) is 4.14. The van der Waals surface area contributed by atoms with Gasteiger partial charge >= 0.3 is 0 Å². The molecule has 70 valence electrons. The molecule has 0 unspecified atom stereocenters. The first-order chi connectivity index (χ1) is 6.33. The van der Waals surface area contributed by atoms with Gasteiger partial charge in [-0.05, 0) is 13.0 Å². The third kappa shape index (κ3) is 1.25. The van der Waals surface area contributed by atoms with Crippen molar-refractivity contribution < 1.29 is 0 Å². The van der Waals surface area contributed by atoms with E-state index in [2.05, 4.69) is 15.2 Å². The summed E-state index contributed by atoms with van der Waals surface area (Å²) in [5.41, 5.74) is 6.43. The Morgan fingerprint density at radius 2 is 2.38 bits per heavy atom. The topological polar surface area (TPSA) is 92.5 Å². The van der Waals surface area contributed by atoms with E-state index >= 15 is 0 Å². The molecule has 13 heavy (non-hydrogen) atoms. The van der Waals surface area contributed by atoms with Crippen LogP contribution in [0.4, 0.5) is 0 Å². The van der Waals surface area contributed by atoms with Crippen LogP contribution in [-0.2, 0) is 6.54 Å². The largest absolute Gasteiger partial charge is 0.330 e. The quantitative estimate of drug-likeness (QED) is 0.590. The van der Waals surface area contributed by atoms with Crippen LogP contribution in [-0.4, -0.2) is 26.3 Å². The molecule has 0 aliphatic rings. The molecule has 0 aromatic carbocycles. The van der Waals surface area contributed by atoms with Crippen molar-refractivity contribution in [2.75, 3.05) is 6.54 Å². The van der Waals surface area contributed by atoms with Crippen molar-refractivity contribution in [2.24, 2.45) is 5.73 Å². The molecule has 0 spiro atoms. The number of aromatic nitrogens is 4. The lowest BCUT2D eigenvalue weighted by atomic mass is 10.4. The monoisotopic (exact) mass is 181 g/mol. The van der Waals surface area contributed by atoms with Crippen molar-refractivity contribution in [3.05, 3.63) is 16.7 Å². The van der Waals surface area contributed by atoms with E-state index in [1.807, 2.05) is 0 Å². The summed E-state index contributed by atoms with van der Waals surface area (Å²) in [6.07, 6.45) is 2.49. The Labute approximate surface area is 73.7 Å². The predicted molar refractivity (Wildman–Crippen MR) is 48.4 cm³/mol. The minimum Gasteiger partial charge on any atom is -0.330 e. The Bertz CT molecular complexity index is 451. The van der Waals surface area contributed by atoms with Crippen LogP contribution < -0.4 is 11.3 Å². The van der Waals surface area contributed by atoms with E-state index in [-0.39, 0.29) is 5.56 Å². The summed E-state index contributed by atoms with van der Waals surface area (Å²) < 4.78 is 1.80. The van der Waals surface area contributed by atoms with Crippen molar-refractivity contribution in [3.8, 4) is 0 Å². The predicted octanol–water partition coefficient (Wildman–Crippen LogP) is -0.599. The second-order valence-corrected chi connectivity index (χ2v) is 2.86. The first kappa shape index (κ1) is 8.06. The number of rotatable bonds is 3. The van der Waals surface area contributed by atoms with Crippen LogP contribution in [0.3, 0.4) is 0 Å². The fraction of sp³-hybridized carbons (Fsp3) is 0.429. The Morgan fingerprint density at radius 3 is 3.15 bits per heavy atom. The van der Waals surface area contributed by atoms with Crippen molar-refractivity contribution in [1.29, 1.82) is 0 Å². The summed E-state index contributed by atoms with van der Waals surface area (Å²) in [5.74, 6) is 0. The van der Waals surface area contributed by atoms with Crippen LogP contribution >= 0.6 is 0 Å². The number of hydrogen-bond acceptors (Lipinski definition) is 3. The van der Waals surface area contributed by atoms with Gasteiger partial charge < -0.3 is 10.3 Å². The van der Waals surface area contributed by atoms with Gasteiger partial charge in [-0.2, -0.15) is 0 Å². The highest BCUT2D eigenvalue weighted by Crippen LogP contribution is 2.03. The molecule has 0 bridgehead atoms. The first-order valence-corrected chi connectivity index (χ1v) is 4.14. The second kappa shape index (κ2) is 3.06. The van der Waals surface area contributed by atoms with Crippen LogP contribution in [0.2, 0.25) is 0 Å². The van der Waals surface area contributed by atoms with Crippen LogP contribution in [0.5, 0.6) is 0 Å². The SMILES string of the molecule is NCCCn1cnc2[nH][nH]c(=O)c21. The molecular weight excluding hydrogens is 170 g/mol. The summed E-state index contributed by atoms with van der Waals surface area (Å²) in [4.78, 5) is 15.3. The van der Waals surface area contributed by atoms with Gasteiger partial charge in [0.05, 0.1) is 6.33 Å². The van der Waals surface area contributed by atoms with Crippen molar-refractivity contribution in [3.63, 3.8) is 0 Å². The van der Waals surface area contributed by atoms with E-state index in [0.717, 1.165) is 13.0 Å². The number of aromatic amines is 2. The maximum Gasteiger partial charge on any atom is 0.290 e. The summed E-state index contributed by atoms with van der Waals surface area (Å²) >= 11 is 0. The molecule has 0 saturated carbocycles. The van der Waals surface area contributed by atoms with Gasteiger partial charge in [-0.3, -0.25) is 15.0 Å². The molecule has 6 nitrogen and oxygen atoms in total. The minimum absolute atomic E-state index is 0.135. The Kier molecular flexibility index (Phi) is 1.90. The molecule has 0 atom stereocenters. The van der Waals surface area contributed by atoms with Gasteiger partial charge in [0.25, 0.3) is 5.56 Å². The van der Waals surface area contributed by atoms with Crippen LogP contribution in [0.1, 0.15) is 6.42 Å². The number of imidazole rings is 1. The van der Waals surface area contributed by atoms with E-state index < -0.39 is 0 Å². The maximum absolute atomic E-state index is 11.2. The Morgan fingerprint density at radius 1 is 1.54 bits per heavy atom. The zero-order chi connectivity index (χ0) is 9.26. The van der Waals surface area contributed by atoms with Crippen molar-refractivity contribution >= 4 is 11.2 Å². The lowest BCUT2D eigenvalue weighted by Gasteiger charge is -1.98. The van der Waals surface area contributed by atoms with Gasteiger partial charge in [-0.15, -0.1) is 0 Å². The number of nitrogens with one attached hydrogen (secondary N) is 2. The Hall–Kier alpha value is -1.56. The molecule has 0 aliphatic carbocycles. The molecule has 2 heterocycles. The lowest BCUT2D eigenvalue weighted by Crippen LogP contribution is -2.09. The molecule has 2 rings (SSSR count). The Balaban J connectivity index is 2.44. The van der Waals surface area contributed by atoms with E-state index in [1.165, 1.54) is 0 Å². The number of nitrogens with zero attached hydrogens (tertiary/aromatic N) is 2. The highest BCUT2D eigenvalue weighted by atomic mass is 16.1. The standard InChI is InChI=1S/C7H11N5O/c8-2-1-3-12-4-9-6-5(12)7(13)11-10-6/h4H,1-3,8H2,(H2,10,11,13). The lowest BCUT2D eigenvalue weighted by molar-refractivity contribution is 0.664. The van der Waals surface area contributed by atoms with Gasteiger partial charge in [-0.1, -0.05) is 0 Å². The maximum atomic E-state index is 11.2. The molecule has 0 amide bonds. The smallest absolute Gasteiger partial charge is 0.290 e. The zero-order valence-electron chi connectivity index (χ0n) is 7.08. The number of hydrogen-bond donors (Lipinski definition) is 3. The molecule has 0 fully saturated rings. The average molecular weight is 181 g/mol. The molecule has 2 aromatic heterocycles. The van der Waals surface area contributed by atoms with Gasteiger partial charge in [0.15, 0.2) is 11.2 Å². The number of H-pyrrole nitrogens is 2. The van der Waals surface area contributed by atoms with Crippen molar-refractivity contribution in [1.82, 2.24) is 19.7 Å². The third-order valence-electron chi connectivity index (χ3n) is 1.95. The highest BCUT2D eigenvalue weighted by molar-refractivity contribution is 5.69. The number of fused-ring (bicyclic) bond motifs is 1. The van der Waals surface area contributed by atoms with E-state index in [1.54, 1.807) is 10.9 Å². The molecule has 2 aromatic rings. The van der Waals surface area contributed by atoms with Gasteiger partial charge in [0, 0.05) is 6.54 Å². The minimum atomic E-state index is -0.135. The molecule has 0 aliphatic heterocycles. The van der Waals surface area contributed by atoms with E-state index in [4.69, 9.17) is 5.73 Å². The number of aryl methyl sites for hydroxylation is 1. The summed E-state index contributed by atoms with van der Waals surface area (Å²) in [5, 5.41) is 5.16. The normalized spacial score (nSPS) is 11.2. The molecule has 4 N–H and O–H groups in total. The second-order valence-electron chi connectivity index (χ2n) is 2.86. The van der Waals surface area contributed by atoms with Gasteiger partial charge in [0.1, 0.15) is 0 Å². The summed E-state index contributed by atoms with van der Waals surface area (Å²) in [6.45, 7) is 1.34. The van der Waals surface area contributed by atoms with E-state index in [0.29, 0.717) is 17.7 Å². The van der Waals surface area contributed by atoms with Gasteiger partial charge in [-0.25, -0.2) is 4.98 Å². The average Bonchev–Trinajstić information content (AvgIpc) is 2.67. The fourth-order valence-corrected chi connectivity index (χ4v) is 1.32. The number of nitrogens with two attached hydrogens (primary N) is 1. The fourth-order valence-electron chi connectivity index (χ4n) is 1.32. The van der Waals surface area contributed by atoms with Gasteiger partial charge in [0.2, 0.25) is 0 Å². The van der Waals surface area contributed by atoms with E-state index in [9.17, 15) is 4.79 Å². The molecule has 6 heteroatoms. The van der Waals surface area contributed by atoms with Crippen LogP contribution in [0.15, 0.2) is 11.1 Å². The van der Waals surface area contributed by atoms with Crippen molar-refractivity contribution in [2.45, 2.75) is 13.0 Å². The zero-order valence-corrected chi connectivity index (χ0v) is 7.08. The van der Waals surface area contributed by atoms with Crippen LogP contribution in [0.25, 0.3) is 11.2 Å². The molecular formula is C7H11N5O. The highest BCUT2D eigenvalue weighted by Gasteiger charge is 2.06. The summed E-state index contributed by atoms with van der Waals surface area (Å²) in [7, 11) is 0.